The Bertz CT molecular complexity index is 733. The van der Waals surface area contributed by atoms with Gasteiger partial charge in [0.05, 0.1) is 0 Å². The summed E-state index contributed by atoms with van der Waals surface area (Å²) in [5.74, 6) is -0.385. The van der Waals surface area contributed by atoms with Gasteiger partial charge in [-0.3, -0.25) is 9.69 Å². The minimum atomic E-state index is -0.626. The van der Waals surface area contributed by atoms with Crippen molar-refractivity contribution in [3.63, 3.8) is 0 Å². The third kappa shape index (κ3) is 4.37. The number of nitrogens with zero attached hydrogens (tertiary/aromatic N) is 2. The number of amides is 1. The number of piperazine rings is 1. The third-order valence-electron chi connectivity index (χ3n) is 4.52. The van der Waals surface area contributed by atoms with E-state index in [1.807, 2.05) is 30.3 Å². The molecule has 1 saturated heterocycles. The zero-order valence-corrected chi connectivity index (χ0v) is 14.6. The van der Waals surface area contributed by atoms with E-state index in [0.29, 0.717) is 24.7 Å². The zero-order valence-electron chi connectivity index (χ0n) is 13.9. The monoisotopic (exact) mass is 361 g/mol. The van der Waals surface area contributed by atoms with Gasteiger partial charge in [-0.05, 0) is 23.3 Å². The maximum absolute atomic E-state index is 13.1. The second kappa shape index (κ2) is 7.95. The van der Waals surface area contributed by atoms with Gasteiger partial charge < -0.3 is 10.6 Å². The van der Waals surface area contributed by atoms with Gasteiger partial charge in [0.1, 0.15) is 11.9 Å². The summed E-state index contributed by atoms with van der Waals surface area (Å²) in [6.07, 6.45) is 0. The minimum Gasteiger partial charge on any atom is -0.338 e. The predicted molar refractivity (Wildman–Crippen MR) is 96.6 cm³/mol. The van der Waals surface area contributed by atoms with Gasteiger partial charge in [0.15, 0.2) is 0 Å². The first-order valence-electron chi connectivity index (χ1n) is 8.30. The Labute approximate surface area is 152 Å². The average Bonchev–Trinajstić information content (AvgIpc) is 2.64. The van der Waals surface area contributed by atoms with Crippen molar-refractivity contribution >= 4 is 17.5 Å². The fourth-order valence-corrected chi connectivity index (χ4v) is 3.24. The topological polar surface area (TPSA) is 49.6 Å². The van der Waals surface area contributed by atoms with Crippen molar-refractivity contribution in [3.05, 3.63) is 70.5 Å². The minimum absolute atomic E-state index is 0.0503. The first-order chi connectivity index (χ1) is 12.0. The molecule has 1 atom stereocenters. The van der Waals surface area contributed by atoms with Crippen LogP contribution in [-0.2, 0) is 11.3 Å². The Kier molecular flexibility index (Phi) is 5.68. The molecule has 2 aromatic rings. The number of hydrogen-bond donors (Lipinski definition) is 1. The number of halogens is 2. The van der Waals surface area contributed by atoms with E-state index in [1.165, 1.54) is 12.1 Å². The number of benzene rings is 2. The highest BCUT2D eigenvalue weighted by Gasteiger charge is 2.26. The number of hydrogen-bond acceptors (Lipinski definition) is 3. The van der Waals surface area contributed by atoms with E-state index in [9.17, 15) is 9.18 Å². The predicted octanol–water partition coefficient (Wildman–Crippen LogP) is 2.82. The lowest BCUT2D eigenvalue weighted by molar-refractivity contribution is -0.134. The Morgan fingerprint density at radius 1 is 1.12 bits per heavy atom. The van der Waals surface area contributed by atoms with Crippen molar-refractivity contribution in [2.24, 2.45) is 5.73 Å². The SMILES string of the molecule is NC(C(=O)N1CCN(Cc2ccc(F)cc2Cl)CC1)c1ccccc1. The fourth-order valence-electron chi connectivity index (χ4n) is 3.02. The molecule has 6 heteroatoms. The van der Waals surface area contributed by atoms with E-state index in [-0.39, 0.29) is 11.7 Å². The standard InChI is InChI=1S/C19H21ClFN3O/c20-17-12-16(21)7-6-15(17)13-23-8-10-24(11-9-23)19(25)18(22)14-4-2-1-3-5-14/h1-7,12,18H,8-11,13,22H2. The van der Waals surface area contributed by atoms with Crippen molar-refractivity contribution in [1.82, 2.24) is 9.80 Å². The molecule has 2 N–H and O–H groups in total. The van der Waals surface area contributed by atoms with E-state index in [1.54, 1.807) is 11.0 Å². The fraction of sp³-hybridized carbons (Fsp3) is 0.316. The summed E-state index contributed by atoms with van der Waals surface area (Å²) in [5, 5.41) is 0.435. The van der Waals surface area contributed by atoms with Gasteiger partial charge in [0.25, 0.3) is 0 Å². The Balaban J connectivity index is 1.55. The molecule has 4 nitrogen and oxygen atoms in total. The van der Waals surface area contributed by atoms with Gasteiger partial charge in [0.2, 0.25) is 5.91 Å². The van der Waals surface area contributed by atoms with E-state index in [0.717, 1.165) is 24.2 Å². The van der Waals surface area contributed by atoms with Crippen molar-refractivity contribution in [1.29, 1.82) is 0 Å². The smallest absolute Gasteiger partial charge is 0.244 e. The number of carbonyl (C=O) groups is 1. The lowest BCUT2D eigenvalue weighted by atomic mass is 10.1. The molecule has 0 saturated carbocycles. The summed E-state index contributed by atoms with van der Waals surface area (Å²) in [6.45, 7) is 3.37. The highest BCUT2D eigenvalue weighted by atomic mass is 35.5. The molecule has 2 aromatic carbocycles. The summed E-state index contributed by atoms with van der Waals surface area (Å²) >= 11 is 6.09. The second-order valence-electron chi connectivity index (χ2n) is 6.23. The van der Waals surface area contributed by atoms with E-state index in [4.69, 9.17) is 17.3 Å². The van der Waals surface area contributed by atoms with Crippen LogP contribution in [0.4, 0.5) is 4.39 Å². The van der Waals surface area contributed by atoms with Crippen LogP contribution in [0.3, 0.4) is 0 Å². The quantitative estimate of drug-likeness (QED) is 0.911. The summed E-state index contributed by atoms with van der Waals surface area (Å²) < 4.78 is 13.1. The maximum Gasteiger partial charge on any atom is 0.244 e. The Hall–Kier alpha value is -1.95. The molecule has 0 aromatic heterocycles. The molecule has 3 rings (SSSR count). The van der Waals surface area contributed by atoms with Gasteiger partial charge in [0, 0.05) is 37.7 Å². The number of carbonyl (C=O) groups excluding carboxylic acids is 1. The zero-order chi connectivity index (χ0) is 17.8. The molecular weight excluding hydrogens is 341 g/mol. The van der Waals surface area contributed by atoms with E-state index in [2.05, 4.69) is 4.90 Å². The molecule has 1 amide bonds. The largest absolute Gasteiger partial charge is 0.338 e. The van der Waals surface area contributed by atoms with Gasteiger partial charge in [-0.15, -0.1) is 0 Å². The van der Waals surface area contributed by atoms with Crippen LogP contribution in [0, 0.1) is 5.82 Å². The molecule has 1 aliphatic heterocycles. The normalized spacial score (nSPS) is 16.7. The lowest BCUT2D eigenvalue weighted by Gasteiger charge is -2.36. The molecule has 1 heterocycles. The summed E-state index contributed by atoms with van der Waals surface area (Å²) in [7, 11) is 0. The van der Waals surface area contributed by atoms with Gasteiger partial charge in [-0.25, -0.2) is 4.39 Å². The van der Waals surface area contributed by atoms with Crippen molar-refractivity contribution < 1.29 is 9.18 Å². The Morgan fingerprint density at radius 2 is 1.80 bits per heavy atom. The van der Waals surface area contributed by atoms with Gasteiger partial charge in [-0.2, -0.15) is 0 Å². The van der Waals surface area contributed by atoms with Crippen molar-refractivity contribution in [2.45, 2.75) is 12.6 Å². The molecule has 1 fully saturated rings. The molecular formula is C19H21ClFN3O. The molecule has 0 spiro atoms. The molecule has 25 heavy (non-hydrogen) atoms. The van der Waals surface area contributed by atoms with Gasteiger partial charge in [-0.1, -0.05) is 48.0 Å². The van der Waals surface area contributed by atoms with Crippen LogP contribution in [0.25, 0.3) is 0 Å². The maximum atomic E-state index is 13.1. The average molecular weight is 362 g/mol. The number of rotatable bonds is 4. The van der Waals surface area contributed by atoms with Crippen molar-refractivity contribution in [2.75, 3.05) is 26.2 Å². The molecule has 0 aliphatic carbocycles. The Morgan fingerprint density at radius 3 is 2.44 bits per heavy atom. The van der Waals surface area contributed by atoms with Crippen LogP contribution in [0.15, 0.2) is 48.5 Å². The third-order valence-corrected chi connectivity index (χ3v) is 4.87. The summed E-state index contributed by atoms with van der Waals surface area (Å²) in [5.41, 5.74) is 7.82. The van der Waals surface area contributed by atoms with E-state index < -0.39 is 6.04 Å². The highest BCUT2D eigenvalue weighted by Crippen LogP contribution is 2.20. The first-order valence-corrected chi connectivity index (χ1v) is 8.68. The van der Waals surface area contributed by atoms with Crippen LogP contribution in [0.2, 0.25) is 5.02 Å². The molecule has 0 radical (unpaired) electrons. The van der Waals surface area contributed by atoms with Crippen LogP contribution in [-0.4, -0.2) is 41.9 Å². The van der Waals surface area contributed by atoms with Crippen molar-refractivity contribution in [3.8, 4) is 0 Å². The summed E-state index contributed by atoms with van der Waals surface area (Å²) in [4.78, 5) is 16.6. The van der Waals surface area contributed by atoms with Crippen LogP contribution < -0.4 is 5.73 Å². The summed E-state index contributed by atoms with van der Waals surface area (Å²) in [6, 6.07) is 13.2. The molecule has 1 aliphatic rings. The van der Waals surface area contributed by atoms with Crippen LogP contribution in [0.1, 0.15) is 17.2 Å². The highest BCUT2D eigenvalue weighted by molar-refractivity contribution is 6.31. The molecule has 0 bridgehead atoms. The van der Waals surface area contributed by atoms with Gasteiger partial charge >= 0.3 is 0 Å². The first kappa shape index (κ1) is 17.9. The number of nitrogens with two attached hydrogens (primary N) is 1. The van der Waals surface area contributed by atoms with Crippen LogP contribution >= 0.6 is 11.6 Å². The molecule has 132 valence electrons. The van der Waals surface area contributed by atoms with E-state index >= 15 is 0 Å². The second-order valence-corrected chi connectivity index (χ2v) is 6.63. The van der Waals surface area contributed by atoms with Crippen LogP contribution in [0.5, 0.6) is 0 Å². The molecule has 1 unspecified atom stereocenters. The lowest BCUT2D eigenvalue weighted by Crippen LogP contribution is -2.50.